The molecular weight excluding hydrogens is 356 g/mol. The predicted molar refractivity (Wildman–Crippen MR) is 109 cm³/mol. The van der Waals surface area contributed by atoms with Crippen LogP contribution in [0.4, 0.5) is 5.69 Å². The Labute approximate surface area is 163 Å². The Morgan fingerprint density at radius 3 is 2.54 bits per heavy atom. The van der Waals surface area contributed by atoms with E-state index in [4.69, 9.17) is 9.84 Å². The van der Waals surface area contributed by atoms with Crippen molar-refractivity contribution in [3.05, 3.63) is 65.9 Å². The van der Waals surface area contributed by atoms with Crippen molar-refractivity contribution in [2.24, 2.45) is 5.92 Å². The van der Waals surface area contributed by atoms with E-state index in [9.17, 15) is 9.59 Å². The molecule has 2 aromatic carbocycles. The highest BCUT2D eigenvalue weighted by molar-refractivity contribution is 6.13. The summed E-state index contributed by atoms with van der Waals surface area (Å²) in [5.41, 5.74) is 3.19. The normalized spacial score (nSPS) is 12.1. The Balaban J connectivity index is 1.77. The number of benzene rings is 2. The molecular formula is C22H24N2O4. The molecule has 3 rings (SSSR count). The van der Waals surface area contributed by atoms with Crippen molar-refractivity contribution < 1.29 is 19.4 Å². The van der Waals surface area contributed by atoms with Gasteiger partial charge in [-0.25, -0.2) is 0 Å². The summed E-state index contributed by atoms with van der Waals surface area (Å²) in [5.74, 6) is -1.44. The summed E-state index contributed by atoms with van der Waals surface area (Å²) in [7, 11) is 1.65. The molecule has 0 radical (unpaired) electrons. The Kier molecular flexibility index (Phi) is 6.11. The first kappa shape index (κ1) is 19.6. The number of hydrogen-bond donors (Lipinski definition) is 2. The average Bonchev–Trinajstić information content (AvgIpc) is 3.06. The van der Waals surface area contributed by atoms with Crippen LogP contribution in [0, 0.1) is 5.92 Å². The molecule has 1 heterocycles. The monoisotopic (exact) mass is 380 g/mol. The molecule has 2 N–H and O–H groups in total. The van der Waals surface area contributed by atoms with Crippen LogP contribution in [0.25, 0.3) is 10.9 Å². The van der Waals surface area contributed by atoms with Crippen molar-refractivity contribution in [1.29, 1.82) is 0 Å². The molecule has 0 aliphatic heterocycles. The highest BCUT2D eigenvalue weighted by Crippen LogP contribution is 2.23. The quantitative estimate of drug-likeness (QED) is 0.623. The van der Waals surface area contributed by atoms with E-state index in [2.05, 4.69) is 5.32 Å². The molecule has 6 nitrogen and oxygen atoms in total. The fourth-order valence-corrected chi connectivity index (χ4v) is 3.17. The number of rotatable bonds is 8. The summed E-state index contributed by atoms with van der Waals surface area (Å²) in [6, 6.07) is 15.1. The van der Waals surface area contributed by atoms with Gasteiger partial charge in [0.2, 0.25) is 0 Å². The van der Waals surface area contributed by atoms with Gasteiger partial charge < -0.3 is 19.7 Å². The van der Waals surface area contributed by atoms with Crippen LogP contribution in [0.2, 0.25) is 0 Å². The second kappa shape index (κ2) is 8.71. The van der Waals surface area contributed by atoms with Gasteiger partial charge in [-0.1, -0.05) is 37.3 Å². The van der Waals surface area contributed by atoms with Crippen LogP contribution in [0.15, 0.2) is 54.7 Å². The number of anilines is 1. The van der Waals surface area contributed by atoms with E-state index in [0.29, 0.717) is 30.8 Å². The number of para-hydroxylation sites is 1. The van der Waals surface area contributed by atoms with E-state index in [1.165, 1.54) is 0 Å². The fraction of sp³-hybridized carbons (Fsp3) is 0.273. The summed E-state index contributed by atoms with van der Waals surface area (Å²) in [4.78, 5) is 23.8. The summed E-state index contributed by atoms with van der Waals surface area (Å²) < 4.78 is 7.17. The zero-order chi connectivity index (χ0) is 20.1. The summed E-state index contributed by atoms with van der Waals surface area (Å²) in [5, 5.41) is 12.8. The van der Waals surface area contributed by atoms with Gasteiger partial charge in [-0.05, 0) is 30.2 Å². The molecule has 0 aliphatic carbocycles. The lowest BCUT2D eigenvalue weighted by Gasteiger charge is -2.08. The van der Waals surface area contributed by atoms with Gasteiger partial charge in [-0.2, -0.15) is 0 Å². The first-order chi connectivity index (χ1) is 13.5. The molecule has 1 aromatic heterocycles. The molecule has 146 valence electrons. The number of carbonyl (C=O) groups is 2. The Morgan fingerprint density at radius 1 is 1.14 bits per heavy atom. The number of amides is 1. The largest absolute Gasteiger partial charge is 0.481 e. The summed E-state index contributed by atoms with van der Waals surface area (Å²) in [6.45, 7) is 2.91. The fourth-order valence-electron chi connectivity index (χ4n) is 3.17. The molecule has 1 unspecified atom stereocenters. The number of aromatic nitrogens is 1. The number of nitrogens with one attached hydrogen (secondary N) is 1. The standard InChI is InChI=1S/C22H24N2O4/c1-15(22(26)27)13-16-7-9-17(10-8-16)23-21(25)19-14-24(11-12-28-2)20-6-4-3-5-18(19)20/h3-10,14-15H,11-13H2,1-2H3,(H,23,25)(H,26,27). The minimum absolute atomic E-state index is 0.181. The molecule has 0 saturated heterocycles. The van der Waals surface area contributed by atoms with Gasteiger partial charge in [0.1, 0.15) is 0 Å². The van der Waals surface area contributed by atoms with E-state index >= 15 is 0 Å². The lowest BCUT2D eigenvalue weighted by atomic mass is 10.0. The highest BCUT2D eigenvalue weighted by atomic mass is 16.5. The van der Waals surface area contributed by atoms with E-state index in [-0.39, 0.29) is 5.91 Å². The van der Waals surface area contributed by atoms with Crippen LogP contribution in [-0.4, -0.2) is 35.3 Å². The number of nitrogens with zero attached hydrogens (tertiary/aromatic N) is 1. The van der Waals surface area contributed by atoms with Gasteiger partial charge in [0.15, 0.2) is 0 Å². The smallest absolute Gasteiger partial charge is 0.306 e. The van der Waals surface area contributed by atoms with Gasteiger partial charge in [0, 0.05) is 36.4 Å². The van der Waals surface area contributed by atoms with Gasteiger partial charge in [0.25, 0.3) is 5.91 Å². The van der Waals surface area contributed by atoms with Crippen molar-refractivity contribution in [2.45, 2.75) is 19.9 Å². The first-order valence-electron chi connectivity index (χ1n) is 9.19. The van der Waals surface area contributed by atoms with Crippen molar-refractivity contribution in [3.8, 4) is 0 Å². The maximum absolute atomic E-state index is 12.8. The molecule has 1 atom stereocenters. The molecule has 0 bridgehead atoms. The molecule has 0 spiro atoms. The SMILES string of the molecule is COCCn1cc(C(=O)Nc2ccc(CC(C)C(=O)O)cc2)c2ccccc21. The molecule has 3 aromatic rings. The molecule has 6 heteroatoms. The van der Waals surface area contributed by atoms with Crippen LogP contribution in [0.1, 0.15) is 22.8 Å². The number of methoxy groups -OCH3 is 1. The molecule has 1 amide bonds. The molecule has 0 aliphatic rings. The predicted octanol–water partition coefficient (Wildman–Crippen LogP) is 3.80. The minimum atomic E-state index is -0.817. The van der Waals surface area contributed by atoms with Crippen molar-refractivity contribution in [1.82, 2.24) is 4.57 Å². The lowest BCUT2D eigenvalue weighted by Crippen LogP contribution is -2.13. The number of ether oxygens (including phenoxy) is 1. The maximum Gasteiger partial charge on any atom is 0.306 e. The third-order valence-electron chi connectivity index (χ3n) is 4.74. The zero-order valence-corrected chi connectivity index (χ0v) is 16.0. The number of fused-ring (bicyclic) bond motifs is 1. The van der Waals surface area contributed by atoms with E-state index in [1.807, 2.05) is 47.2 Å². The number of carboxylic acid groups (broad SMARTS) is 1. The topological polar surface area (TPSA) is 80.6 Å². The Hall–Kier alpha value is -3.12. The van der Waals surface area contributed by atoms with Crippen LogP contribution in [-0.2, 0) is 22.5 Å². The molecule has 0 saturated carbocycles. The van der Waals surface area contributed by atoms with Crippen LogP contribution in [0.5, 0.6) is 0 Å². The van der Waals surface area contributed by atoms with E-state index in [1.54, 1.807) is 26.2 Å². The van der Waals surface area contributed by atoms with Gasteiger partial charge in [-0.3, -0.25) is 9.59 Å². The average molecular weight is 380 g/mol. The van der Waals surface area contributed by atoms with Crippen LogP contribution < -0.4 is 5.32 Å². The Morgan fingerprint density at radius 2 is 1.86 bits per heavy atom. The first-order valence-corrected chi connectivity index (χ1v) is 9.19. The van der Waals surface area contributed by atoms with E-state index < -0.39 is 11.9 Å². The summed E-state index contributed by atoms with van der Waals surface area (Å²) in [6.07, 6.45) is 2.30. The number of hydrogen-bond acceptors (Lipinski definition) is 3. The third kappa shape index (κ3) is 4.40. The molecule has 0 fully saturated rings. The lowest BCUT2D eigenvalue weighted by molar-refractivity contribution is -0.141. The zero-order valence-electron chi connectivity index (χ0n) is 16.0. The number of carboxylic acids is 1. The van der Waals surface area contributed by atoms with Crippen LogP contribution >= 0.6 is 0 Å². The van der Waals surface area contributed by atoms with Crippen molar-refractivity contribution >= 4 is 28.5 Å². The molecule has 28 heavy (non-hydrogen) atoms. The second-order valence-corrected chi connectivity index (χ2v) is 6.84. The second-order valence-electron chi connectivity index (χ2n) is 6.84. The Bertz CT molecular complexity index is 976. The third-order valence-corrected chi connectivity index (χ3v) is 4.74. The van der Waals surface area contributed by atoms with Crippen LogP contribution in [0.3, 0.4) is 0 Å². The van der Waals surface area contributed by atoms with Gasteiger partial charge in [0.05, 0.1) is 18.1 Å². The van der Waals surface area contributed by atoms with E-state index in [0.717, 1.165) is 16.5 Å². The van der Waals surface area contributed by atoms with Crippen molar-refractivity contribution in [3.63, 3.8) is 0 Å². The number of aliphatic carboxylic acids is 1. The van der Waals surface area contributed by atoms with Crippen molar-refractivity contribution in [2.75, 3.05) is 19.0 Å². The highest BCUT2D eigenvalue weighted by Gasteiger charge is 2.15. The number of carbonyl (C=O) groups excluding carboxylic acids is 1. The minimum Gasteiger partial charge on any atom is -0.481 e. The van der Waals surface area contributed by atoms with Gasteiger partial charge in [-0.15, -0.1) is 0 Å². The summed E-state index contributed by atoms with van der Waals surface area (Å²) >= 11 is 0. The maximum atomic E-state index is 12.8. The van der Waals surface area contributed by atoms with Gasteiger partial charge >= 0.3 is 5.97 Å².